The minimum absolute atomic E-state index is 0.00686. The number of nitrogens with one attached hydrogen (secondary N) is 1. The summed E-state index contributed by atoms with van der Waals surface area (Å²) in [5, 5.41) is 3.08. The number of hydrogen-bond acceptors (Lipinski definition) is 3. The SMILES string of the molecule is CC[C@@H](C)NC(=O)[C@H](Cc1ccccc1)N(Cc1cccc(Br)c1)C(=O)COc1ccc(C)cc1. The van der Waals surface area contributed by atoms with Crippen molar-refractivity contribution in [3.63, 3.8) is 0 Å². The summed E-state index contributed by atoms with van der Waals surface area (Å²) in [6, 6.07) is 24.5. The molecular formula is C29H33BrN2O3. The van der Waals surface area contributed by atoms with Crippen molar-refractivity contribution in [3.8, 4) is 5.75 Å². The first-order valence-electron chi connectivity index (χ1n) is 11.9. The Morgan fingerprint density at radius 3 is 2.31 bits per heavy atom. The Morgan fingerprint density at radius 2 is 1.66 bits per heavy atom. The molecule has 0 saturated carbocycles. The average molecular weight is 537 g/mol. The average Bonchev–Trinajstić information content (AvgIpc) is 2.86. The number of rotatable bonds is 11. The number of benzene rings is 3. The van der Waals surface area contributed by atoms with E-state index in [0.29, 0.717) is 18.7 Å². The molecule has 0 aliphatic carbocycles. The summed E-state index contributed by atoms with van der Waals surface area (Å²) in [7, 11) is 0. The molecule has 0 radical (unpaired) electrons. The van der Waals surface area contributed by atoms with E-state index in [1.807, 2.05) is 99.6 Å². The van der Waals surface area contributed by atoms with E-state index in [9.17, 15) is 9.59 Å². The van der Waals surface area contributed by atoms with Crippen LogP contribution in [-0.4, -0.2) is 35.4 Å². The maximum Gasteiger partial charge on any atom is 0.261 e. The largest absolute Gasteiger partial charge is 0.484 e. The number of ether oxygens (including phenoxy) is 1. The lowest BCUT2D eigenvalue weighted by Crippen LogP contribution is -2.53. The molecule has 0 spiro atoms. The van der Waals surface area contributed by atoms with Crippen LogP contribution in [0.3, 0.4) is 0 Å². The van der Waals surface area contributed by atoms with Crippen LogP contribution in [0, 0.1) is 6.92 Å². The molecule has 2 amide bonds. The van der Waals surface area contributed by atoms with E-state index >= 15 is 0 Å². The summed E-state index contributed by atoms with van der Waals surface area (Å²) in [6.45, 7) is 6.13. The van der Waals surface area contributed by atoms with Gasteiger partial charge < -0.3 is 15.0 Å². The van der Waals surface area contributed by atoms with Gasteiger partial charge in [0.05, 0.1) is 0 Å². The maximum absolute atomic E-state index is 13.6. The lowest BCUT2D eigenvalue weighted by Gasteiger charge is -2.32. The molecule has 0 fully saturated rings. The van der Waals surface area contributed by atoms with Gasteiger partial charge in [0.2, 0.25) is 5.91 Å². The summed E-state index contributed by atoms with van der Waals surface area (Å²) in [6.07, 6.45) is 1.22. The van der Waals surface area contributed by atoms with E-state index in [1.54, 1.807) is 4.90 Å². The fraction of sp³-hybridized carbons (Fsp3) is 0.310. The second-order valence-electron chi connectivity index (χ2n) is 8.78. The molecule has 1 N–H and O–H groups in total. The van der Waals surface area contributed by atoms with Gasteiger partial charge >= 0.3 is 0 Å². The number of amides is 2. The Labute approximate surface area is 216 Å². The molecule has 3 aromatic carbocycles. The molecule has 0 aliphatic heterocycles. The first-order valence-corrected chi connectivity index (χ1v) is 12.7. The monoisotopic (exact) mass is 536 g/mol. The smallest absolute Gasteiger partial charge is 0.261 e. The van der Waals surface area contributed by atoms with Crippen molar-refractivity contribution >= 4 is 27.7 Å². The van der Waals surface area contributed by atoms with Crippen molar-refractivity contribution in [2.75, 3.05) is 6.61 Å². The van der Waals surface area contributed by atoms with Crippen LogP contribution in [-0.2, 0) is 22.6 Å². The molecule has 0 unspecified atom stereocenters. The Morgan fingerprint density at radius 1 is 0.971 bits per heavy atom. The highest BCUT2D eigenvalue weighted by Gasteiger charge is 2.31. The highest BCUT2D eigenvalue weighted by molar-refractivity contribution is 9.10. The summed E-state index contributed by atoms with van der Waals surface area (Å²) < 4.78 is 6.73. The fourth-order valence-electron chi connectivity index (χ4n) is 3.69. The van der Waals surface area contributed by atoms with Crippen molar-refractivity contribution in [1.29, 1.82) is 0 Å². The van der Waals surface area contributed by atoms with Gasteiger partial charge in [-0.15, -0.1) is 0 Å². The third kappa shape index (κ3) is 8.25. The Balaban J connectivity index is 1.90. The van der Waals surface area contributed by atoms with Crippen LogP contribution in [0.25, 0.3) is 0 Å². The van der Waals surface area contributed by atoms with Crippen molar-refractivity contribution in [2.45, 2.75) is 52.2 Å². The number of hydrogen-bond donors (Lipinski definition) is 1. The number of carbonyl (C=O) groups is 2. The minimum atomic E-state index is -0.681. The molecule has 3 rings (SSSR count). The second kappa shape index (κ2) is 13.1. The number of halogens is 1. The van der Waals surface area contributed by atoms with Crippen molar-refractivity contribution in [1.82, 2.24) is 10.2 Å². The van der Waals surface area contributed by atoms with E-state index in [-0.39, 0.29) is 24.5 Å². The molecule has 0 aliphatic rings. The van der Waals surface area contributed by atoms with Gasteiger partial charge in [-0.3, -0.25) is 9.59 Å². The van der Waals surface area contributed by atoms with Crippen LogP contribution in [0.4, 0.5) is 0 Å². The summed E-state index contributed by atoms with van der Waals surface area (Å²) >= 11 is 3.51. The molecule has 35 heavy (non-hydrogen) atoms. The van der Waals surface area contributed by atoms with Crippen LogP contribution < -0.4 is 10.1 Å². The van der Waals surface area contributed by atoms with Gasteiger partial charge in [0.1, 0.15) is 11.8 Å². The zero-order valence-corrected chi connectivity index (χ0v) is 22.1. The van der Waals surface area contributed by atoms with Crippen molar-refractivity contribution in [2.24, 2.45) is 0 Å². The highest BCUT2D eigenvalue weighted by atomic mass is 79.9. The Hall–Kier alpha value is -3.12. The van der Waals surface area contributed by atoms with Gasteiger partial charge in [0.25, 0.3) is 5.91 Å². The van der Waals surface area contributed by atoms with Crippen LogP contribution in [0.5, 0.6) is 5.75 Å². The van der Waals surface area contributed by atoms with Crippen LogP contribution in [0.15, 0.2) is 83.3 Å². The van der Waals surface area contributed by atoms with E-state index in [1.165, 1.54) is 0 Å². The maximum atomic E-state index is 13.6. The molecule has 0 bridgehead atoms. The van der Waals surface area contributed by atoms with E-state index < -0.39 is 6.04 Å². The fourth-order valence-corrected chi connectivity index (χ4v) is 4.14. The van der Waals surface area contributed by atoms with E-state index in [4.69, 9.17) is 4.74 Å². The van der Waals surface area contributed by atoms with Crippen LogP contribution in [0.2, 0.25) is 0 Å². The van der Waals surface area contributed by atoms with Gasteiger partial charge in [-0.2, -0.15) is 0 Å². The normalized spacial score (nSPS) is 12.5. The van der Waals surface area contributed by atoms with Crippen molar-refractivity contribution in [3.05, 3.63) is 100 Å². The molecule has 5 nitrogen and oxygen atoms in total. The quantitative estimate of drug-likeness (QED) is 0.342. The van der Waals surface area contributed by atoms with Crippen molar-refractivity contribution < 1.29 is 14.3 Å². The molecule has 0 aromatic heterocycles. The molecular weight excluding hydrogens is 504 g/mol. The molecule has 2 atom stereocenters. The minimum Gasteiger partial charge on any atom is -0.484 e. The number of nitrogens with zero attached hydrogens (tertiary/aromatic N) is 1. The highest BCUT2D eigenvalue weighted by Crippen LogP contribution is 2.19. The van der Waals surface area contributed by atoms with Gasteiger partial charge in [0.15, 0.2) is 6.61 Å². The number of carbonyl (C=O) groups excluding carboxylic acids is 2. The molecule has 6 heteroatoms. The van der Waals surface area contributed by atoms with Gasteiger partial charge in [0, 0.05) is 23.5 Å². The van der Waals surface area contributed by atoms with E-state index in [2.05, 4.69) is 21.2 Å². The lowest BCUT2D eigenvalue weighted by atomic mass is 10.0. The van der Waals surface area contributed by atoms with Crippen LogP contribution >= 0.6 is 15.9 Å². The third-order valence-corrected chi connectivity index (χ3v) is 6.39. The topological polar surface area (TPSA) is 58.6 Å². The second-order valence-corrected chi connectivity index (χ2v) is 9.69. The Bertz CT molecular complexity index is 1100. The predicted molar refractivity (Wildman–Crippen MR) is 143 cm³/mol. The summed E-state index contributed by atoms with van der Waals surface area (Å²) in [4.78, 5) is 28.7. The van der Waals surface area contributed by atoms with Gasteiger partial charge in [-0.05, 0) is 55.7 Å². The lowest BCUT2D eigenvalue weighted by molar-refractivity contribution is -0.143. The zero-order chi connectivity index (χ0) is 25.2. The predicted octanol–water partition coefficient (Wildman–Crippen LogP) is 5.69. The molecule has 184 valence electrons. The van der Waals surface area contributed by atoms with Gasteiger partial charge in [-0.1, -0.05) is 83.0 Å². The molecule has 3 aromatic rings. The first kappa shape index (κ1) is 26.5. The Kier molecular flexibility index (Phi) is 9.91. The molecule has 0 saturated heterocycles. The molecule has 0 heterocycles. The van der Waals surface area contributed by atoms with Gasteiger partial charge in [-0.25, -0.2) is 0 Å². The first-order chi connectivity index (χ1) is 16.9. The summed E-state index contributed by atoms with van der Waals surface area (Å²) in [5.41, 5.74) is 3.03. The number of aryl methyl sites for hydroxylation is 1. The third-order valence-electron chi connectivity index (χ3n) is 5.90. The zero-order valence-electron chi connectivity index (χ0n) is 20.5. The van der Waals surface area contributed by atoms with Crippen LogP contribution in [0.1, 0.15) is 37.0 Å². The van der Waals surface area contributed by atoms with E-state index in [0.717, 1.165) is 27.6 Å². The summed E-state index contributed by atoms with van der Waals surface area (Å²) in [5.74, 6) is 0.211. The standard InChI is InChI=1S/C29H33BrN2O3/c1-4-22(3)31-29(34)27(18-23-9-6-5-7-10-23)32(19-24-11-8-12-25(30)17-24)28(33)20-35-26-15-13-21(2)14-16-26/h5-17,22,27H,4,18-20H2,1-3H3,(H,31,34)/t22-,27+/m1/s1.